The van der Waals surface area contributed by atoms with Gasteiger partial charge in [0.2, 0.25) is 0 Å². The Labute approximate surface area is 149 Å². The molecule has 0 amide bonds. The summed E-state index contributed by atoms with van der Waals surface area (Å²) in [5, 5.41) is 10.1. The zero-order chi connectivity index (χ0) is 15.8. The fourth-order valence-electron chi connectivity index (χ4n) is 1.39. The molecule has 0 saturated carbocycles. The number of carbonyl (C=O) groups is 1. The molecule has 0 bridgehead atoms. The van der Waals surface area contributed by atoms with Gasteiger partial charge in [-0.1, -0.05) is 15.9 Å². The highest BCUT2D eigenvalue weighted by molar-refractivity contribution is 9.11. The predicted molar refractivity (Wildman–Crippen MR) is 91.6 cm³/mol. The van der Waals surface area contributed by atoms with E-state index in [-0.39, 0.29) is 9.77 Å². The maximum atomic E-state index is 12.3. The molecule has 10 heteroatoms. The Morgan fingerprint density at radius 2 is 1.71 bits per heavy atom. The van der Waals surface area contributed by atoms with Crippen LogP contribution in [0.2, 0.25) is 0 Å². The lowest BCUT2D eigenvalue weighted by molar-refractivity contribution is 0.0697. The number of carboxylic acid groups (broad SMARTS) is 1. The van der Waals surface area contributed by atoms with Crippen LogP contribution in [0.1, 0.15) is 10.4 Å². The van der Waals surface area contributed by atoms with Crippen molar-refractivity contribution in [3.05, 3.63) is 42.6 Å². The highest BCUT2D eigenvalue weighted by Gasteiger charge is 2.21. The molecule has 0 saturated heterocycles. The van der Waals surface area contributed by atoms with Crippen molar-refractivity contribution in [2.24, 2.45) is 0 Å². The summed E-state index contributed by atoms with van der Waals surface area (Å²) in [6, 6.07) is 4.51. The molecule has 0 aliphatic heterocycles. The van der Waals surface area contributed by atoms with Gasteiger partial charge in [-0.3, -0.25) is 4.72 Å². The molecule has 0 atom stereocenters. The van der Waals surface area contributed by atoms with Gasteiger partial charge in [0.15, 0.2) is 0 Å². The van der Waals surface area contributed by atoms with Gasteiger partial charge < -0.3 is 5.11 Å². The van der Waals surface area contributed by atoms with Crippen LogP contribution in [0.3, 0.4) is 0 Å². The van der Waals surface area contributed by atoms with Gasteiger partial charge >= 0.3 is 5.97 Å². The average molecular weight is 520 g/mol. The number of thiophene rings is 1. The molecule has 1 heterocycles. The van der Waals surface area contributed by atoms with Crippen molar-refractivity contribution in [3.8, 4) is 0 Å². The Hall–Kier alpha value is -0.420. The number of nitrogens with one attached hydrogen (secondary N) is 1. The monoisotopic (exact) mass is 517 g/mol. The summed E-state index contributed by atoms with van der Waals surface area (Å²) >= 11 is 10.7. The first kappa shape index (κ1) is 16.9. The van der Waals surface area contributed by atoms with Crippen LogP contribution in [0, 0.1) is 0 Å². The number of halogens is 3. The molecule has 5 nitrogen and oxygen atoms in total. The molecule has 0 fully saturated rings. The molecule has 0 spiro atoms. The van der Waals surface area contributed by atoms with Gasteiger partial charge in [0.05, 0.1) is 11.3 Å². The van der Waals surface area contributed by atoms with Gasteiger partial charge in [0, 0.05) is 18.8 Å². The third kappa shape index (κ3) is 3.86. The summed E-state index contributed by atoms with van der Waals surface area (Å²) < 4.78 is 28.8. The second kappa shape index (κ2) is 6.37. The molecule has 1 aromatic heterocycles. The maximum absolute atomic E-state index is 12.3. The number of benzene rings is 1. The molecule has 0 aliphatic rings. The van der Waals surface area contributed by atoms with Gasteiger partial charge in [-0.05, 0) is 50.1 Å². The third-order valence-electron chi connectivity index (χ3n) is 2.33. The van der Waals surface area contributed by atoms with Gasteiger partial charge in [0.25, 0.3) is 10.0 Å². The van der Waals surface area contributed by atoms with Crippen molar-refractivity contribution in [1.82, 2.24) is 0 Å². The van der Waals surface area contributed by atoms with Gasteiger partial charge in [-0.25, -0.2) is 13.2 Å². The lowest BCUT2D eigenvalue weighted by Gasteiger charge is -2.11. The van der Waals surface area contributed by atoms with Crippen molar-refractivity contribution in [2.45, 2.75) is 4.21 Å². The Morgan fingerprint density at radius 1 is 1.14 bits per heavy atom. The lowest BCUT2D eigenvalue weighted by atomic mass is 10.3. The van der Waals surface area contributed by atoms with Crippen LogP contribution in [0.15, 0.2) is 41.2 Å². The second-order valence-electron chi connectivity index (χ2n) is 3.81. The smallest absolute Gasteiger partial charge is 0.336 e. The Morgan fingerprint density at radius 3 is 2.19 bits per heavy atom. The first-order chi connectivity index (χ1) is 9.70. The van der Waals surface area contributed by atoms with E-state index in [1.807, 2.05) is 0 Å². The van der Waals surface area contributed by atoms with Crippen LogP contribution in [0.4, 0.5) is 5.69 Å². The first-order valence-corrected chi connectivity index (χ1v) is 9.94. The highest BCUT2D eigenvalue weighted by atomic mass is 79.9. The van der Waals surface area contributed by atoms with Crippen LogP contribution in [-0.2, 0) is 10.0 Å². The maximum Gasteiger partial charge on any atom is 0.336 e. The van der Waals surface area contributed by atoms with E-state index in [1.54, 1.807) is 12.1 Å². The van der Waals surface area contributed by atoms with Crippen LogP contribution in [0.5, 0.6) is 0 Å². The minimum absolute atomic E-state index is 0.0608. The lowest BCUT2D eigenvalue weighted by Crippen LogP contribution is -2.12. The fraction of sp³-hybridized carbons (Fsp3) is 0. The summed E-state index contributed by atoms with van der Waals surface area (Å²) in [4.78, 5) is 10.8. The zero-order valence-electron chi connectivity index (χ0n) is 9.93. The normalized spacial score (nSPS) is 11.4. The Kier molecular flexibility index (Phi) is 5.14. The Balaban J connectivity index is 2.40. The summed E-state index contributed by atoms with van der Waals surface area (Å²) in [6.07, 6.45) is 0. The van der Waals surface area contributed by atoms with Gasteiger partial charge in [-0.15, -0.1) is 11.3 Å². The minimum Gasteiger partial charge on any atom is -0.478 e. The van der Waals surface area contributed by atoms with E-state index in [1.165, 1.54) is 5.38 Å². The zero-order valence-corrected chi connectivity index (χ0v) is 16.3. The largest absolute Gasteiger partial charge is 0.478 e. The molecular weight excluding hydrogens is 514 g/mol. The summed E-state index contributed by atoms with van der Waals surface area (Å²) in [5.74, 6) is -1.17. The summed E-state index contributed by atoms with van der Waals surface area (Å²) in [7, 11) is -3.85. The van der Waals surface area contributed by atoms with Crippen LogP contribution in [-0.4, -0.2) is 19.5 Å². The molecule has 2 aromatic rings. The molecule has 0 unspecified atom stereocenters. The molecule has 2 N–H and O–H groups in total. The summed E-state index contributed by atoms with van der Waals surface area (Å²) in [5.41, 5.74) is 0.276. The topological polar surface area (TPSA) is 83.5 Å². The second-order valence-corrected chi connectivity index (χ2v) is 9.25. The van der Waals surface area contributed by atoms with E-state index < -0.39 is 16.0 Å². The van der Waals surface area contributed by atoms with Crippen molar-refractivity contribution in [3.63, 3.8) is 0 Å². The highest BCUT2D eigenvalue weighted by Crippen LogP contribution is 2.36. The fourth-order valence-corrected chi connectivity index (χ4v) is 6.37. The molecular formula is C11H6Br3NO4S2. The minimum atomic E-state index is -3.85. The molecule has 2 rings (SSSR count). The van der Waals surface area contributed by atoms with Crippen molar-refractivity contribution >= 4 is 80.8 Å². The summed E-state index contributed by atoms with van der Waals surface area (Å²) in [6.45, 7) is 0. The van der Waals surface area contributed by atoms with E-state index in [9.17, 15) is 13.2 Å². The van der Waals surface area contributed by atoms with E-state index in [2.05, 4.69) is 52.5 Å². The molecule has 112 valence electrons. The quantitative estimate of drug-likeness (QED) is 0.621. The van der Waals surface area contributed by atoms with E-state index in [0.29, 0.717) is 14.6 Å². The number of carboxylic acids is 1. The Bertz CT molecular complexity index is 794. The van der Waals surface area contributed by atoms with E-state index in [4.69, 9.17) is 5.11 Å². The number of aromatic carboxylic acids is 1. The molecule has 1 aromatic carbocycles. The van der Waals surface area contributed by atoms with Crippen LogP contribution < -0.4 is 4.72 Å². The number of hydrogen-bond donors (Lipinski definition) is 2. The predicted octanol–water partition coefficient (Wildman–Crippen LogP) is 4.53. The third-order valence-corrected chi connectivity index (χ3v) is 6.83. The standard InChI is InChI=1S/C11H6Br3NO4S2/c12-6-2-7(13)10(8(14)3-6)15-21(18,19)9-1-5(4-20-9)11(16)17/h1-4,15H,(H,16,17). The number of sulfonamides is 1. The number of rotatable bonds is 4. The van der Waals surface area contributed by atoms with Gasteiger partial charge in [-0.2, -0.15) is 0 Å². The van der Waals surface area contributed by atoms with Crippen LogP contribution in [0.25, 0.3) is 0 Å². The van der Waals surface area contributed by atoms with Crippen LogP contribution >= 0.6 is 59.1 Å². The van der Waals surface area contributed by atoms with E-state index in [0.717, 1.165) is 21.9 Å². The SMILES string of the molecule is O=C(O)c1csc(S(=O)(=O)Nc2c(Br)cc(Br)cc2Br)c1. The molecule has 21 heavy (non-hydrogen) atoms. The number of hydrogen-bond acceptors (Lipinski definition) is 4. The van der Waals surface area contributed by atoms with Crippen molar-refractivity contribution in [2.75, 3.05) is 4.72 Å². The molecule has 0 aliphatic carbocycles. The number of anilines is 1. The van der Waals surface area contributed by atoms with E-state index >= 15 is 0 Å². The molecule has 0 radical (unpaired) electrons. The van der Waals surface area contributed by atoms with Crippen molar-refractivity contribution < 1.29 is 18.3 Å². The van der Waals surface area contributed by atoms with Crippen molar-refractivity contribution in [1.29, 1.82) is 0 Å². The average Bonchev–Trinajstić information content (AvgIpc) is 2.84. The van der Waals surface area contributed by atoms with Gasteiger partial charge in [0.1, 0.15) is 4.21 Å². The first-order valence-electron chi connectivity index (χ1n) is 5.20.